The molecule has 23 heavy (non-hydrogen) atoms. The van der Waals surface area contributed by atoms with Gasteiger partial charge in [-0.05, 0) is 18.1 Å². The van der Waals surface area contributed by atoms with Gasteiger partial charge in [0.15, 0.2) is 5.96 Å². The van der Waals surface area contributed by atoms with Crippen molar-refractivity contribution in [1.82, 2.24) is 15.2 Å². The Hall–Kier alpha value is -1.05. The van der Waals surface area contributed by atoms with Crippen molar-refractivity contribution in [2.45, 2.75) is 26.7 Å². The van der Waals surface area contributed by atoms with Gasteiger partial charge in [0.1, 0.15) is 5.82 Å². The summed E-state index contributed by atoms with van der Waals surface area (Å²) in [5.41, 5.74) is 0. The summed E-state index contributed by atoms with van der Waals surface area (Å²) in [5.74, 6) is 2.83. The zero-order chi connectivity index (χ0) is 15.8. The van der Waals surface area contributed by atoms with Gasteiger partial charge in [0, 0.05) is 46.0 Å². The second kappa shape index (κ2) is 10.7. The predicted octanol–water partition coefficient (Wildman–Crippen LogP) is 2.83. The van der Waals surface area contributed by atoms with E-state index >= 15 is 0 Å². The normalized spacial score (nSPS) is 15.6. The van der Waals surface area contributed by atoms with Crippen molar-refractivity contribution < 1.29 is 0 Å². The number of hydrogen-bond acceptors (Lipinski definition) is 3. The number of pyridine rings is 1. The summed E-state index contributed by atoms with van der Waals surface area (Å²) in [7, 11) is 1.88. The molecule has 130 valence electrons. The average Bonchev–Trinajstić information content (AvgIpc) is 2.60. The number of nitrogens with zero attached hydrogens (tertiary/aromatic N) is 4. The van der Waals surface area contributed by atoms with Crippen LogP contribution in [-0.2, 0) is 0 Å². The molecule has 0 saturated carbocycles. The Bertz CT molecular complexity index is 453. The van der Waals surface area contributed by atoms with E-state index in [1.165, 1.54) is 12.8 Å². The van der Waals surface area contributed by atoms with Crippen LogP contribution in [0.1, 0.15) is 26.7 Å². The highest BCUT2D eigenvalue weighted by molar-refractivity contribution is 14.0. The van der Waals surface area contributed by atoms with Crippen LogP contribution in [0.3, 0.4) is 0 Å². The number of nitrogens with one attached hydrogen (secondary N) is 1. The molecule has 0 aliphatic carbocycles. The van der Waals surface area contributed by atoms with Gasteiger partial charge in [-0.1, -0.05) is 32.8 Å². The largest absolute Gasteiger partial charge is 0.356 e. The lowest BCUT2D eigenvalue weighted by molar-refractivity contribution is 0.364. The third-order valence-electron chi connectivity index (χ3n) is 4.47. The molecule has 1 aromatic heterocycles. The fourth-order valence-corrected chi connectivity index (χ4v) is 2.83. The Morgan fingerprint density at radius 1 is 1.22 bits per heavy atom. The summed E-state index contributed by atoms with van der Waals surface area (Å²) >= 11 is 0. The van der Waals surface area contributed by atoms with Crippen molar-refractivity contribution in [1.29, 1.82) is 0 Å². The van der Waals surface area contributed by atoms with E-state index < -0.39 is 0 Å². The Morgan fingerprint density at radius 2 is 1.91 bits per heavy atom. The summed E-state index contributed by atoms with van der Waals surface area (Å²) in [4.78, 5) is 13.6. The van der Waals surface area contributed by atoms with Gasteiger partial charge < -0.3 is 15.1 Å². The number of guanidine groups is 1. The maximum absolute atomic E-state index is 4.45. The van der Waals surface area contributed by atoms with Crippen LogP contribution in [0.4, 0.5) is 5.82 Å². The first-order valence-corrected chi connectivity index (χ1v) is 8.40. The van der Waals surface area contributed by atoms with Crippen LogP contribution in [0.15, 0.2) is 29.4 Å². The molecule has 5 nitrogen and oxygen atoms in total. The molecule has 0 atom stereocenters. The molecule has 1 aliphatic heterocycles. The molecule has 0 amide bonds. The summed E-state index contributed by atoms with van der Waals surface area (Å²) in [6, 6.07) is 6.09. The van der Waals surface area contributed by atoms with Crippen molar-refractivity contribution in [2.24, 2.45) is 10.9 Å². The molecule has 0 unspecified atom stereocenters. The number of halogens is 1. The van der Waals surface area contributed by atoms with E-state index in [0.29, 0.717) is 0 Å². The second-order valence-corrected chi connectivity index (χ2v) is 5.77. The molecule has 1 aromatic rings. The Morgan fingerprint density at radius 3 is 2.43 bits per heavy atom. The highest BCUT2D eigenvalue weighted by Gasteiger charge is 2.20. The molecular formula is C17H30IN5. The number of hydrogen-bond donors (Lipinski definition) is 1. The Balaban J connectivity index is 0.00000264. The number of piperazine rings is 1. The molecule has 0 bridgehead atoms. The van der Waals surface area contributed by atoms with Crippen molar-refractivity contribution in [2.75, 3.05) is 44.7 Å². The van der Waals surface area contributed by atoms with Gasteiger partial charge in [0.25, 0.3) is 0 Å². The van der Waals surface area contributed by atoms with Crippen molar-refractivity contribution in [3.05, 3.63) is 24.4 Å². The highest BCUT2D eigenvalue weighted by Crippen LogP contribution is 2.13. The van der Waals surface area contributed by atoms with E-state index in [2.05, 4.69) is 45.0 Å². The van der Waals surface area contributed by atoms with Crippen LogP contribution >= 0.6 is 24.0 Å². The fourth-order valence-electron chi connectivity index (χ4n) is 2.83. The Labute approximate surface area is 157 Å². The lowest BCUT2D eigenvalue weighted by atomic mass is 10.0. The number of rotatable bonds is 5. The standard InChI is InChI=1S/C17H29N5.HI/c1-4-15(5-2)14-20-17(18-3)22-12-10-21(11-13-22)16-8-6-7-9-19-16;/h6-9,15H,4-5,10-14H2,1-3H3,(H,18,20);1H. The minimum absolute atomic E-state index is 0. The number of aromatic nitrogens is 1. The summed E-state index contributed by atoms with van der Waals surface area (Å²) in [6.07, 6.45) is 4.29. The number of anilines is 1. The van der Waals surface area contributed by atoms with Crippen LogP contribution in [0.25, 0.3) is 0 Å². The topological polar surface area (TPSA) is 43.8 Å². The SMILES string of the molecule is CCC(CC)CNC(=NC)N1CCN(c2ccccn2)CC1.I. The Kier molecular flexibility index (Phi) is 9.28. The van der Waals surface area contributed by atoms with Gasteiger partial charge in [-0.25, -0.2) is 4.98 Å². The molecule has 1 aliphatic rings. The lowest BCUT2D eigenvalue weighted by Crippen LogP contribution is -2.53. The molecule has 0 spiro atoms. The average molecular weight is 431 g/mol. The minimum atomic E-state index is 0. The van der Waals surface area contributed by atoms with Gasteiger partial charge in [0.05, 0.1) is 0 Å². The predicted molar refractivity (Wildman–Crippen MR) is 109 cm³/mol. The second-order valence-electron chi connectivity index (χ2n) is 5.77. The monoisotopic (exact) mass is 431 g/mol. The van der Waals surface area contributed by atoms with Gasteiger partial charge in [-0.3, -0.25) is 4.99 Å². The van der Waals surface area contributed by atoms with Crippen LogP contribution in [0, 0.1) is 5.92 Å². The van der Waals surface area contributed by atoms with Crippen LogP contribution < -0.4 is 10.2 Å². The molecule has 2 rings (SSSR count). The molecule has 1 N–H and O–H groups in total. The van der Waals surface area contributed by atoms with Crippen molar-refractivity contribution in [3.63, 3.8) is 0 Å². The molecular weight excluding hydrogens is 401 g/mol. The first kappa shape index (κ1) is 20.0. The minimum Gasteiger partial charge on any atom is -0.356 e. The molecule has 1 fully saturated rings. The highest BCUT2D eigenvalue weighted by atomic mass is 127. The summed E-state index contributed by atoms with van der Waals surface area (Å²) in [5, 5.41) is 3.54. The van der Waals surface area contributed by atoms with Gasteiger partial charge in [0.2, 0.25) is 0 Å². The maximum atomic E-state index is 4.45. The molecule has 0 aromatic carbocycles. The molecule has 2 heterocycles. The van der Waals surface area contributed by atoms with E-state index in [1.807, 2.05) is 25.4 Å². The molecule has 1 saturated heterocycles. The van der Waals surface area contributed by atoms with E-state index in [9.17, 15) is 0 Å². The maximum Gasteiger partial charge on any atom is 0.193 e. The van der Waals surface area contributed by atoms with Gasteiger partial charge >= 0.3 is 0 Å². The third kappa shape index (κ3) is 5.82. The summed E-state index contributed by atoms with van der Waals surface area (Å²) in [6.45, 7) is 9.47. The molecule has 6 heteroatoms. The van der Waals surface area contributed by atoms with Crippen molar-refractivity contribution >= 4 is 35.8 Å². The smallest absolute Gasteiger partial charge is 0.193 e. The molecule has 0 radical (unpaired) electrons. The van der Waals surface area contributed by atoms with E-state index in [0.717, 1.165) is 50.4 Å². The third-order valence-corrected chi connectivity index (χ3v) is 4.47. The van der Waals surface area contributed by atoms with Crippen molar-refractivity contribution in [3.8, 4) is 0 Å². The lowest BCUT2D eigenvalue weighted by Gasteiger charge is -2.37. The van der Waals surface area contributed by atoms with Crippen LogP contribution in [0.5, 0.6) is 0 Å². The van der Waals surface area contributed by atoms with E-state index in [4.69, 9.17) is 0 Å². The van der Waals surface area contributed by atoms with E-state index in [-0.39, 0.29) is 24.0 Å². The first-order valence-electron chi connectivity index (χ1n) is 8.40. The quantitative estimate of drug-likeness (QED) is 0.443. The fraction of sp³-hybridized carbons (Fsp3) is 0.647. The van der Waals surface area contributed by atoms with Crippen LogP contribution in [0.2, 0.25) is 0 Å². The zero-order valence-electron chi connectivity index (χ0n) is 14.5. The van der Waals surface area contributed by atoms with Gasteiger partial charge in [-0.15, -0.1) is 24.0 Å². The van der Waals surface area contributed by atoms with Gasteiger partial charge in [-0.2, -0.15) is 0 Å². The summed E-state index contributed by atoms with van der Waals surface area (Å²) < 4.78 is 0. The van der Waals surface area contributed by atoms with Crippen LogP contribution in [-0.4, -0.2) is 55.6 Å². The zero-order valence-corrected chi connectivity index (χ0v) is 16.9. The first-order chi connectivity index (χ1) is 10.8. The number of aliphatic imine (C=N–C) groups is 1. The van der Waals surface area contributed by atoms with E-state index in [1.54, 1.807) is 0 Å².